The Morgan fingerprint density at radius 2 is 2.17 bits per heavy atom. The van der Waals surface area contributed by atoms with Crippen LogP contribution in [0, 0.1) is 3.70 Å². The lowest BCUT2D eigenvalue weighted by Crippen LogP contribution is -2.28. The number of hydrogen-bond donors (Lipinski definition) is 1. The van der Waals surface area contributed by atoms with Crippen molar-refractivity contribution in [1.29, 1.82) is 0 Å². The van der Waals surface area contributed by atoms with E-state index < -0.39 is 0 Å². The number of carbonyl (C=O) groups is 1. The molecule has 2 aromatic rings. The Kier molecular flexibility index (Phi) is 4.49. The van der Waals surface area contributed by atoms with Crippen LogP contribution in [0.15, 0.2) is 18.2 Å². The molecule has 1 N–H and O–H groups in total. The normalized spacial score (nSPS) is 18.5. The highest BCUT2D eigenvalue weighted by atomic mass is 127. The number of H-pyrrole nitrogens is 1. The molecule has 0 radical (unpaired) electrons. The molecule has 1 heterocycles. The lowest BCUT2D eigenvalue weighted by molar-refractivity contribution is 0.0991. The second-order valence-corrected chi connectivity index (χ2v) is 8.38. The van der Waals surface area contributed by atoms with Gasteiger partial charge in [0.1, 0.15) is 3.70 Å². The summed E-state index contributed by atoms with van der Waals surface area (Å²) < 4.78 is 0.808. The van der Waals surface area contributed by atoms with Crippen LogP contribution < -0.4 is 4.90 Å². The number of rotatable bonds is 3. The van der Waals surface area contributed by atoms with Gasteiger partial charge in [0.05, 0.1) is 11.3 Å². The van der Waals surface area contributed by atoms with Gasteiger partial charge in [-0.25, -0.2) is 0 Å². The van der Waals surface area contributed by atoms with E-state index in [1.165, 1.54) is 11.1 Å². The van der Waals surface area contributed by atoms with E-state index in [9.17, 15) is 4.79 Å². The number of benzene rings is 1. The van der Waals surface area contributed by atoms with Gasteiger partial charge in [-0.1, -0.05) is 39.8 Å². The molecule has 0 aliphatic heterocycles. The Labute approximate surface area is 157 Å². The van der Waals surface area contributed by atoms with Gasteiger partial charge in [-0.05, 0) is 64.0 Å². The number of fused-ring (bicyclic) bond motifs is 1. The fourth-order valence-electron chi connectivity index (χ4n) is 4.04. The number of carbonyl (C=O) groups excluding carboxylic acids is 1. The summed E-state index contributed by atoms with van der Waals surface area (Å²) in [7, 11) is 1.87. The summed E-state index contributed by atoms with van der Waals surface area (Å²) in [5.74, 6) is 0.464. The van der Waals surface area contributed by atoms with Gasteiger partial charge < -0.3 is 4.90 Å². The summed E-state index contributed by atoms with van der Waals surface area (Å²) in [6.45, 7) is 8.85. The highest BCUT2D eigenvalue weighted by molar-refractivity contribution is 14.1. The van der Waals surface area contributed by atoms with Gasteiger partial charge >= 0.3 is 0 Å². The molecule has 4 nitrogen and oxygen atoms in total. The van der Waals surface area contributed by atoms with Crippen molar-refractivity contribution in [3.8, 4) is 0 Å². The van der Waals surface area contributed by atoms with Crippen LogP contribution in [-0.4, -0.2) is 23.2 Å². The fraction of sp³-hybridized carbons (Fsp3) is 0.474. The smallest absolute Gasteiger partial charge is 0.262 e. The summed E-state index contributed by atoms with van der Waals surface area (Å²) in [4.78, 5) is 14.9. The molecule has 0 spiro atoms. The molecule has 1 unspecified atom stereocenters. The largest absolute Gasteiger partial charge is 0.311 e. The maximum atomic E-state index is 13.1. The van der Waals surface area contributed by atoms with E-state index in [1.54, 1.807) is 4.90 Å². The molecule has 128 valence electrons. The molecule has 1 atom stereocenters. The van der Waals surface area contributed by atoms with Crippen molar-refractivity contribution in [2.45, 2.75) is 51.9 Å². The first-order chi connectivity index (χ1) is 11.3. The van der Waals surface area contributed by atoms with Crippen LogP contribution in [0.25, 0.3) is 0 Å². The maximum absolute atomic E-state index is 13.1. The molecule has 1 amide bonds. The second-order valence-electron chi connectivity index (χ2n) is 7.30. The van der Waals surface area contributed by atoms with Gasteiger partial charge in [-0.2, -0.15) is 5.10 Å². The average Bonchev–Trinajstić information content (AvgIpc) is 3.03. The van der Waals surface area contributed by atoms with Gasteiger partial charge in [-0.15, -0.1) is 0 Å². The molecule has 1 aromatic carbocycles. The predicted octanol–water partition coefficient (Wildman–Crippen LogP) is 4.64. The molecule has 1 aliphatic carbocycles. The first kappa shape index (κ1) is 17.5. The Morgan fingerprint density at radius 1 is 1.46 bits per heavy atom. The molecule has 1 aromatic heterocycles. The quantitative estimate of drug-likeness (QED) is 0.712. The van der Waals surface area contributed by atoms with Crippen LogP contribution in [0.4, 0.5) is 5.69 Å². The van der Waals surface area contributed by atoms with Crippen molar-refractivity contribution in [2.75, 3.05) is 11.9 Å². The Hall–Kier alpha value is -1.37. The van der Waals surface area contributed by atoms with Crippen molar-refractivity contribution < 1.29 is 4.79 Å². The molecule has 24 heavy (non-hydrogen) atoms. The molecule has 0 saturated heterocycles. The highest BCUT2D eigenvalue weighted by Gasteiger charge is 2.37. The Bertz CT molecular complexity index is 794. The zero-order valence-electron chi connectivity index (χ0n) is 14.9. The minimum atomic E-state index is 0.00954. The van der Waals surface area contributed by atoms with E-state index in [-0.39, 0.29) is 11.3 Å². The average molecular weight is 437 g/mol. The fourth-order valence-corrected chi connectivity index (χ4v) is 4.70. The number of hydrogen-bond acceptors (Lipinski definition) is 2. The van der Waals surface area contributed by atoms with Crippen LogP contribution in [0.2, 0.25) is 0 Å². The first-order valence-electron chi connectivity index (χ1n) is 8.42. The molecule has 0 saturated carbocycles. The van der Waals surface area contributed by atoms with E-state index >= 15 is 0 Å². The molecule has 0 bridgehead atoms. The number of aromatic nitrogens is 2. The molecular formula is C19H24IN3O. The van der Waals surface area contributed by atoms with Crippen LogP contribution in [0.1, 0.15) is 67.2 Å². The summed E-state index contributed by atoms with van der Waals surface area (Å²) in [6.07, 6.45) is 1.86. The van der Waals surface area contributed by atoms with E-state index in [1.807, 2.05) is 14.0 Å². The van der Waals surface area contributed by atoms with Crippen LogP contribution in [-0.2, 0) is 11.8 Å². The Balaban J connectivity index is 2.06. The monoisotopic (exact) mass is 437 g/mol. The van der Waals surface area contributed by atoms with Gasteiger partial charge in [0.2, 0.25) is 0 Å². The van der Waals surface area contributed by atoms with Crippen LogP contribution in [0.3, 0.4) is 0 Å². The van der Waals surface area contributed by atoms with Gasteiger partial charge in [-0.3, -0.25) is 9.89 Å². The van der Waals surface area contributed by atoms with E-state index in [4.69, 9.17) is 0 Å². The molecule has 0 fully saturated rings. The molecule has 1 aliphatic rings. The van der Waals surface area contributed by atoms with Crippen molar-refractivity contribution in [3.63, 3.8) is 0 Å². The van der Waals surface area contributed by atoms with Crippen molar-refractivity contribution in [1.82, 2.24) is 10.2 Å². The SMILES string of the molecule is CCc1n[nH]c(I)c1C(=O)N(C)c1cccc2c1C(C)CC2(C)C. The number of aryl methyl sites for hydroxylation is 1. The topological polar surface area (TPSA) is 49.0 Å². The molecule has 5 heteroatoms. The number of nitrogens with one attached hydrogen (secondary N) is 1. The second kappa shape index (κ2) is 6.17. The standard InChI is InChI=1S/C19H24IN3O/c1-6-13-16(17(20)22-21-13)18(24)23(5)14-9-7-8-12-15(14)11(2)10-19(12,3)4/h7-9,11H,6,10H2,1-5H3,(H,21,22). The van der Waals surface area contributed by atoms with E-state index in [0.29, 0.717) is 11.5 Å². The third-order valence-corrected chi connectivity index (χ3v) is 5.91. The summed E-state index contributed by atoms with van der Waals surface area (Å²) >= 11 is 2.15. The van der Waals surface area contributed by atoms with Crippen molar-refractivity contribution in [2.24, 2.45) is 0 Å². The van der Waals surface area contributed by atoms with Crippen molar-refractivity contribution in [3.05, 3.63) is 44.3 Å². The zero-order valence-corrected chi connectivity index (χ0v) is 17.1. The van der Waals surface area contributed by atoms with Gasteiger partial charge in [0, 0.05) is 12.7 Å². The predicted molar refractivity (Wildman–Crippen MR) is 106 cm³/mol. The van der Waals surface area contributed by atoms with Crippen LogP contribution >= 0.6 is 22.6 Å². The first-order valence-corrected chi connectivity index (χ1v) is 9.50. The van der Waals surface area contributed by atoms with Crippen molar-refractivity contribution >= 4 is 34.2 Å². The maximum Gasteiger partial charge on any atom is 0.262 e. The number of anilines is 1. The third kappa shape index (κ3) is 2.66. The molecular weight excluding hydrogens is 413 g/mol. The third-order valence-electron chi connectivity index (χ3n) is 5.13. The zero-order chi connectivity index (χ0) is 17.6. The summed E-state index contributed by atoms with van der Waals surface area (Å²) in [6, 6.07) is 6.34. The van der Waals surface area contributed by atoms with E-state index in [2.05, 4.69) is 71.8 Å². The summed E-state index contributed by atoms with van der Waals surface area (Å²) in [5, 5.41) is 7.20. The molecule has 3 rings (SSSR count). The summed E-state index contributed by atoms with van der Waals surface area (Å²) in [5.41, 5.74) is 5.39. The number of amides is 1. The minimum absolute atomic E-state index is 0.00954. The lowest BCUT2D eigenvalue weighted by atomic mass is 9.86. The number of halogens is 1. The van der Waals surface area contributed by atoms with E-state index in [0.717, 1.165) is 27.9 Å². The lowest BCUT2D eigenvalue weighted by Gasteiger charge is -2.23. The Morgan fingerprint density at radius 3 is 2.83 bits per heavy atom. The van der Waals surface area contributed by atoms with Crippen LogP contribution in [0.5, 0.6) is 0 Å². The number of nitrogens with zero attached hydrogens (tertiary/aromatic N) is 2. The van der Waals surface area contributed by atoms with Gasteiger partial charge in [0.25, 0.3) is 5.91 Å². The highest BCUT2D eigenvalue weighted by Crippen LogP contribution is 2.49. The van der Waals surface area contributed by atoms with Gasteiger partial charge in [0.15, 0.2) is 0 Å². The minimum Gasteiger partial charge on any atom is -0.311 e. The number of aromatic amines is 1.